The topological polar surface area (TPSA) is 99.5 Å². The number of urea groups is 1. The lowest BCUT2D eigenvalue weighted by Gasteiger charge is -2.14. The van der Waals surface area contributed by atoms with Crippen molar-refractivity contribution in [3.63, 3.8) is 0 Å². The zero-order valence-corrected chi connectivity index (χ0v) is 23.4. The monoisotopic (exact) mass is 555 g/mol. The number of amides is 2. The molecule has 3 aromatic carbocycles. The summed E-state index contributed by atoms with van der Waals surface area (Å²) in [5, 5.41) is 10.9. The fraction of sp³-hybridized carbons (Fsp3) is 0.194. The van der Waals surface area contributed by atoms with E-state index in [1.165, 1.54) is 10.7 Å². The molecule has 0 radical (unpaired) electrons. The van der Waals surface area contributed by atoms with Crippen LogP contribution in [0, 0.1) is 5.82 Å². The maximum Gasteiger partial charge on any atom is 0.324 e. The number of fused-ring (bicyclic) bond motifs is 1. The first kappa shape index (κ1) is 27.4. The van der Waals surface area contributed by atoms with Crippen molar-refractivity contribution in [2.75, 3.05) is 24.9 Å². The third-order valence-corrected chi connectivity index (χ3v) is 6.35. The predicted octanol–water partition coefficient (Wildman–Crippen LogP) is 7.31. The highest BCUT2D eigenvalue weighted by atomic mass is 19.1. The molecule has 2 heterocycles. The molecule has 2 aromatic heterocycles. The molecule has 9 nitrogen and oxygen atoms in total. The van der Waals surface area contributed by atoms with Gasteiger partial charge < -0.3 is 19.5 Å². The quantitative estimate of drug-likeness (QED) is 0.218. The van der Waals surface area contributed by atoms with Crippen molar-refractivity contribution in [2.45, 2.75) is 26.2 Å². The minimum absolute atomic E-state index is 0.236. The Balaban J connectivity index is 1.32. The number of nitrogens with one attached hydrogen (secondary N) is 2. The molecule has 0 aliphatic heterocycles. The number of aromatic nitrogens is 3. The van der Waals surface area contributed by atoms with Crippen LogP contribution in [0.1, 0.15) is 26.5 Å². The van der Waals surface area contributed by atoms with E-state index in [9.17, 15) is 9.18 Å². The van der Waals surface area contributed by atoms with Gasteiger partial charge in [-0.1, -0.05) is 32.9 Å². The van der Waals surface area contributed by atoms with Crippen LogP contribution in [0.25, 0.3) is 16.6 Å². The van der Waals surface area contributed by atoms with Crippen LogP contribution in [0.5, 0.6) is 23.0 Å². The summed E-state index contributed by atoms with van der Waals surface area (Å²) in [4.78, 5) is 17.3. The SMILES string of the molecule is COc1cc2nccc(Oc3ccc(NC(=O)Nc4cc(C(C)(C)C)nn4-c4ccccc4F)cc3)c2cc1OC. The lowest BCUT2D eigenvalue weighted by atomic mass is 9.92. The van der Waals surface area contributed by atoms with Crippen molar-refractivity contribution in [3.05, 3.63) is 90.5 Å². The standard InChI is InChI=1S/C31H30FN5O4/c1-31(2,3)28-18-29(37(36-28)24-9-7-6-8-22(24)32)35-30(38)34-19-10-12-20(13-11-19)41-25-14-15-33-23-17-27(40-5)26(39-4)16-21(23)25/h6-18H,1-5H3,(H2,34,35,38). The Bertz CT molecular complexity index is 1710. The van der Waals surface area contributed by atoms with Gasteiger partial charge in [-0.2, -0.15) is 5.10 Å². The molecule has 0 fully saturated rings. The Morgan fingerprint density at radius 2 is 1.59 bits per heavy atom. The highest BCUT2D eigenvalue weighted by Gasteiger charge is 2.22. The van der Waals surface area contributed by atoms with E-state index in [4.69, 9.17) is 14.2 Å². The molecule has 0 spiro atoms. The largest absolute Gasteiger partial charge is 0.493 e. The number of carbonyl (C=O) groups excluding carboxylic acids is 1. The second-order valence-corrected chi connectivity index (χ2v) is 10.3. The number of hydrogen-bond acceptors (Lipinski definition) is 6. The second-order valence-electron chi connectivity index (χ2n) is 10.3. The van der Waals surface area contributed by atoms with Crippen molar-refractivity contribution in [1.82, 2.24) is 14.8 Å². The Labute approximate surface area is 236 Å². The van der Waals surface area contributed by atoms with Crippen molar-refractivity contribution >= 4 is 28.4 Å². The van der Waals surface area contributed by atoms with Gasteiger partial charge in [0.25, 0.3) is 0 Å². The maximum absolute atomic E-state index is 14.6. The summed E-state index contributed by atoms with van der Waals surface area (Å²) in [6.07, 6.45) is 1.65. The van der Waals surface area contributed by atoms with Gasteiger partial charge >= 0.3 is 6.03 Å². The number of anilines is 2. The van der Waals surface area contributed by atoms with E-state index < -0.39 is 11.8 Å². The van der Waals surface area contributed by atoms with Crippen molar-refractivity contribution in [1.29, 1.82) is 0 Å². The van der Waals surface area contributed by atoms with Gasteiger partial charge in [-0.15, -0.1) is 0 Å². The number of methoxy groups -OCH3 is 2. The van der Waals surface area contributed by atoms with Gasteiger partial charge in [-0.3, -0.25) is 10.3 Å². The smallest absolute Gasteiger partial charge is 0.324 e. The number of pyridine rings is 1. The van der Waals surface area contributed by atoms with Crippen molar-refractivity contribution < 1.29 is 23.4 Å². The molecule has 5 aromatic rings. The Morgan fingerprint density at radius 1 is 0.878 bits per heavy atom. The number of halogens is 1. The van der Waals surface area contributed by atoms with Crippen LogP contribution in [0.4, 0.5) is 20.7 Å². The molecule has 41 heavy (non-hydrogen) atoms. The number of para-hydroxylation sites is 1. The van der Waals surface area contributed by atoms with E-state index >= 15 is 0 Å². The first-order valence-corrected chi connectivity index (χ1v) is 12.9. The summed E-state index contributed by atoms with van der Waals surface area (Å²) in [7, 11) is 3.14. The summed E-state index contributed by atoms with van der Waals surface area (Å²) >= 11 is 0. The number of carbonyl (C=O) groups is 1. The van der Waals surface area contributed by atoms with Crippen LogP contribution in [0.2, 0.25) is 0 Å². The van der Waals surface area contributed by atoms with E-state index in [1.807, 2.05) is 26.8 Å². The summed E-state index contributed by atoms with van der Waals surface area (Å²) in [5.74, 6) is 2.18. The Kier molecular flexibility index (Phi) is 7.47. The van der Waals surface area contributed by atoms with E-state index in [1.54, 1.807) is 81.1 Å². The highest BCUT2D eigenvalue weighted by Crippen LogP contribution is 2.37. The molecular weight excluding hydrogens is 525 g/mol. The van der Waals surface area contributed by atoms with Crippen molar-refractivity contribution in [3.8, 4) is 28.7 Å². The summed E-state index contributed by atoms with van der Waals surface area (Å²) < 4.78 is 32.9. The molecular formula is C31H30FN5O4. The van der Waals surface area contributed by atoms with E-state index in [-0.39, 0.29) is 11.1 Å². The molecule has 5 rings (SSSR count). The molecule has 0 aliphatic carbocycles. The van der Waals surface area contributed by atoms with Gasteiger partial charge in [0, 0.05) is 34.8 Å². The average Bonchev–Trinajstić information content (AvgIpc) is 3.37. The lowest BCUT2D eigenvalue weighted by molar-refractivity contribution is 0.262. The van der Waals surface area contributed by atoms with Gasteiger partial charge in [0.05, 0.1) is 25.4 Å². The predicted molar refractivity (Wildman–Crippen MR) is 156 cm³/mol. The van der Waals surface area contributed by atoms with E-state index in [2.05, 4.69) is 20.7 Å². The van der Waals surface area contributed by atoms with Crippen LogP contribution in [-0.4, -0.2) is 35.0 Å². The fourth-order valence-electron chi connectivity index (χ4n) is 4.19. The normalized spacial score (nSPS) is 11.3. The molecule has 0 unspecified atom stereocenters. The van der Waals surface area contributed by atoms with Gasteiger partial charge in [0.2, 0.25) is 0 Å². The fourth-order valence-corrected chi connectivity index (χ4v) is 4.19. The molecule has 2 N–H and O–H groups in total. The van der Waals surface area contributed by atoms with Crippen LogP contribution < -0.4 is 24.8 Å². The first-order valence-electron chi connectivity index (χ1n) is 12.9. The molecule has 0 atom stereocenters. The molecule has 0 aliphatic rings. The number of hydrogen-bond donors (Lipinski definition) is 2. The third kappa shape index (κ3) is 5.91. The molecule has 10 heteroatoms. The van der Waals surface area contributed by atoms with Crippen LogP contribution >= 0.6 is 0 Å². The van der Waals surface area contributed by atoms with E-state index in [0.29, 0.717) is 45.7 Å². The van der Waals surface area contributed by atoms with Crippen LogP contribution in [-0.2, 0) is 5.41 Å². The first-order chi connectivity index (χ1) is 19.7. The zero-order chi connectivity index (χ0) is 29.1. The minimum Gasteiger partial charge on any atom is -0.493 e. The second kappa shape index (κ2) is 11.2. The molecule has 210 valence electrons. The van der Waals surface area contributed by atoms with Gasteiger partial charge in [-0.05, 0) is 48.5 Å². The molecule has 2 amide bonds. The summed E-state index contributed by atoms with van der Waals surface area (Å²) in [5.41, 5.74) is 1.86. The lowest BCUT2D eigenvalue weighted by Crippen LogP contribution is -2.21. The average molecular weight is 556 g/mol. The maximum atomic E-state index is 14.6. The Morgan fingerprint density at radius 3 is 2.27 bits per heavy atom. The molecule has 0 saturated carbocycles. The number of nitrogens with zero attached hydrogens (tertiary/aromatic N) is 3. The number of benzene rings is 3. The molecule has 0 bridgehead atoms. The van der Waals surface area contributed by atoms with Crippen LogP contribution in [0.15, 0.2) is 79.0 Å². The summed E-state index contributed by atoms with van der Waals surface area (Å²) in [6.45, 7) is 5.99. The zero-order valence-electron chi connectivity index (χ0n) is 23.4. The van der Waals surface area contributed by atoms with Crippen molar-refractivity contribution in [2.24, 2.45) is 0 Å². The number of ether oxygens (including phenoxy) is 3. The third-order valence-electron chi connectivity index (χ3n) is 6.35. The van der Waals surface area contributed by atoms with Gasteiger partial charge in [-0.25, -0.2) is 13.9 Å². The Hall–Kier alpha value is -5.12. The minimum atomic E-state index is -0.502. The van der Waals surface area contributed by atoms with E-state index in [0.717, 1.165) is 5.39 Å². The summed E-state index contributed by atoms with van der Waals surface area (Å²) in [6, 6.07) is 19.8. The van der Waals surface area contributed by atoms with Crippen LogP contribution in [0.3, 0.4) is 0 Å². The highest BCUT2D eigenvalue weighted by molar-refractivity contribution is 5.99. The van der Waals surface area contributed by atoms with Gasteiger partial charge in [0.15, 0.2) is 11.5 Å². The number of rotatable bonds is 7. The van der Waals surface area contributed by atoms with Gasteiger partial charge in [0.1, 0.15) is 28.8 Å². The molecule has 0 saturated heterocycles.